The molecule has 0 aliphatic carbocycles. The first kappa shape index (κ1) is 9.65. The van der Waals surface area contributed by atoms with Crippen molar-refractivity contribution >= 4 is 12.1 Å². The van der Waals surface area contributed by atoms with Gasteiger partial charge in [-0.25, -0.2) is 0 Å². The summed E-state index contributed by atoms with van der Waals surface area (Å²) < 4.78 is 0. The van der Waals surface area contributed by atoms with Gasteiger partial charge in [0.15, 0.2) is 0 Å². The molecule has 2 nitrogen and oxygen atoms in total. The summed E-state index contributed by atoms with van der Waals surface area (Å²) in [5, 5.41) is 0. The van der Waals surface area contributed by atoms with E-state index in [-0.39, 0.29) is 5.78 Å². The highest BCUT2D eigenvalue weighted by Crippen LogP contribution is 2.14. The first-order chi connectivity index (χ1) is 6.15. The third-order valence-corrected chi connectivity index (χ3v) is 2.01. The van der Waals surface area contributed by atoms with Crippen molar-refractivity contribution < 1.29 is 9.59 Å². The predicted molar refractivity (Wildman–Crippen MR) is 50.7 cm³/mol. The van der Waals surface area contributed by atoms with Crippen LogP contribution in [0.3, 0.4) is 0 Å². The molecule has 1 aromatic rings. The minimum atomic E-state index is -0.597. The molecule has 0 amide bonds. The van der Waals surface area contributed by atoms with E-state index in [0.29, 0.717) is 6.29 Å². The number of benzene rings is 1. The smallest absolute Gasteiger partial charge is 0.144 e. The van der Waals surface area contributed by atoms with Crippen molar-refractivity contribution in [3.05, 3.63) is 35.4 Å². The maximum atomic E-state index is 11.0. The van der Waals surface area contributed by atoms with Gasteiger partial charge in [0.05, 0.1) is 5.92 Å². The minimum absolute atomic E-state index is 0.112. The molecule has 1 atom stereocenters. The molecule has 0 saturated heterocycles. The van der Waals surface area contributed by atoms with Gasteiger partial charge in [0.1, 0.15) is 12.1 Å². The average molecular weight is 176 g/mol. The molecule has 0 radical (unpaired) electrons. The zero-order valence-electron chi connectivity index (χ0n) is 7.78. The highest BCUT2D eigenvalue weighted by atomic mass is 16.1. The van der Waals surface area contributed by atoms with Crippen LogP contribution in [0, 0.1) is 6.92 Å². The number of hydrogen-bond donors (Lipinski definition) is 0. The van der Waals surface area contributed by atoms with Gasteiger partial charge in [0, 0.05) is 0 Å². The molecule has 0 heterocycles. The number of carbonyl (C=O) groups excluding carboxylic acids is 2. The first-order valence-electron chi connectivity index (χ1n) is 4.17. The van der Waals surface area contributed by atoms with Gasteiger partial charge in [-0.15, -0.1) is 0 Å². The number of aryl methyl sites for hydroxylation is 1. The number of rotatable bonds is 3. The molecule has 13 heavy (non-hydrogen) atoms. The Balaban J connectivity index is 2.99. The van der Waals surface area contributed by atoms with Gasteiger partial charge in [-0.3, -0.25) is 4.79 Å². The van der Waals surface area contributed by atoms with Crippen molar-refractivity contribution in [2.75, 3.05) is 0 Å². The number of ketones is 1. The largest absolute Gasteiger partial charge is 0.302 e. The topological polar surface area (TPSA) is 34.1 Å². The fourth-order valence-electron chi connectivity index (χ4n) is 1.18. The van der Waals surface area contributed by atoms with E-state index in [0.717, 1.165) is 11.1 Å². The molecule has 68 valence electrons. The molecule has 0 aliphatic rings. The molecule has 2 heteroatoms. The third kappa shape index (κ3) is 2.25. The Morgan fingerprint density at radius 3 is 2.23 bits per heavy atom. The van der Waals surface area contributed by atoms with Crippen LogP contribution >= 0.6 is 0 Å². The Bertz CT molecular complexity index is 311. The number of aldehydes is 1. The van der Waals surface area contributed by atoms with Gasteiger partial charge in [-0.2, -0.15) is 0 Å². The summed E-state index contributed by atoms with van der Waals surface area (Å²) >= 11 is 0. The molecular formula is C11H12O2. The fraction of sp³-hybridized carbons (Fsp3) is 0.273. The molecule has 0 saturated carbocycles. The van der Waals surface area contributed by atoms with E-state index in [1.807, 2.05) is 31.2 Å². The zero-order valence-corrected chi connectivity index (χ0v) is 7.78. The number of hydrogen-bond acceptors (Lipinski definition) is 2. The molecule has 0 N–H and O–H groups in total. The van der Waals surface area contributed by atoms with E-state index in [4.69, 9.17) is 0 Å². The van der Waals surface area contributed by atoms with Crippen LogP contribution in [0.15, 0.2) is 24.3 Å². The molecule has 0 spiro atoms. The van der Waals surface area contributed by atoms with Crippen LogP contribution < -0.4 is 0 Å². The highest BCUT2D eigenvalue weighted by Gasteiger charge is 2.14. The zero-order chi connectivity index (χ0) is 9.84. The van der Waals surface area contributed by atoms with E-state index in [1.165, 1.54) is 6.92 Å². The number of Topliss-reactive ketones (excluding diaryl/α,β-unsaturated/α-hetero) is 1. The lowest BCUT2D eigenvalue weighted by Crippen LogP contribution is -2.09. The SMILES string of the molecule is CC(=O)C(C=O)c1ccc(C)cc1. The summed E-state index contributed by atoms with van der Waals surface area (Å²) in [5.74, 6) is -0.709. The maximum absolute atomic E-state index is 11.0. The maximum Gasteiger partial charge on any atom is 0.144 e. The lowest BCUT2D eigenvalue weighted by molar-refractivity contribution is -0.122. The summed E-state index contributed by atoms with van der Waals surface area (Å²) in [4.78, 5) is 21.6. The van der Waals surface area contributed by atoms with Gasteiger partial charge in [-0.05, 0) is 19.4 Å². The van der Waals surface area contributed by atoms with Crippen LogP contribution in [0.2, 0.25) is 0 Å². The molecule has 1 aromatic carbocycles. The van der Waals surface area contributed by atoms with Crippen LogP contribution in [0.5, 0.6) is 0 Å². The van der Waals surface area contributed by atoms with Crippen molar-refractivity contribution in [1.29, 1.82) is 0 Å². The van der Waals surface area contributed by atoms with Gasteiger partial charge in [-0.1, -0.05) is 29.8 Å². The van der Waals surface area contributed by atoms with Crippen LogP contribution in [-0.4, -0.2) is 12.1 Å². The van der Waals surface area contributed by atoms with E-state index in [2.05, 4.69) is 0 Å². The number of carbonyl (C=O) groups is 2. The van der Waals surface area contributed by atoms with Gasteiger partial charge in [0.25, 0.3) is 0 Å². The monoisotopic (exact) mass is 176 g/mol. The van der Waals surface area contributed by atoms with Crippen molar-refractivity contribution in [2.24, 2.45) is 0 Å². The highest BCUT2D eigenvalue weighted by molar-refractivity contribution is 5.97. The fourth-order valence-corrected chi connectivity index (χ4v) is 1.18. The molecule has 0 bridgehead atoms. The van der Waals surface area contributed by atoms with Crippen LogP contribution in [0.4, 0.5) is 0 Å². The molecular weight excluding hydrogens is 164 g/mol. The predicted octanol–water partition coefficient (Wildman–Crippen LogP) is 1.87. The van der Waals surface area contributed by atoms with Gasteiger partial charge < -0.3 is 4.79 Å². The van der Waals surface area contributed by atoms with Crippen LogP contribution in [0.1, 0.15) is 24.0 Å². The summed E-state index contributed by atoms with van der Waals surface area (Å²) in [6.45, 7) is 3.40. The Labute approximate surface area is 77.6 Å². The van der Waals surface area contributed by atoms with E-state index >= 15 is 0 Å². The van der Waals surface area contributed by atoms with Gasteiger partial charge in [0.2, 0.25) is 0 Å². The molecule has 1 unspecified atom stereocenters. The second-order valence-electron chi connectivity index (χ2n) is 3.14. The van der Waals surface area contributed by atoms with E-state index < -0.39 is 5.92 Å². The molecule has 0 aliphatic heterocycles. The minimum Gasteiger partial charge on any atom is -0.302 e. The van der Waals surface area contributed by atoms with Crippen molar-refractivity contribution in [3.8, 4) is 0 Å². The first-order valence-corrected chi connectivity index (χ1v) is 4.17. The van der Waals surface area contributed by atoms with Crippen LogP contribution in [0.25, 0.3) is 0 Å². The second kappa shape index (κ2) is 3.99. The lowest BCUT2D eigenvalue weighted by atomic mass is 9.96. The van der Waals surface area contributed by atoms with Crippen molar-refractivity contribution in [2.45, 2.75) is 19.8 Å². The summed E-state index contributed by atoms with van der Waals surface area (Å²) in [7, 11) is 0. The Hall–Kier alpha value is -1.44. The molecule has 1 rings (SSSR count). The Kier molecular flexibility index (Phi) is 2.96. The standard InChI is InChI=1S/C11H12O2/c1-8-3-5-10(6-4-8)11(7-12)9(2)13/h3-7,11H,1-2H3. The Morgan fingerprint density at radius 1 is 1.31 bits per heavy atom. The summed E-state index contributed by atoms with van der Waals surface area (Å²) in [5.41, 5.74) is 1.89. The average Bonchev–Trinajstić information content (AvgIpc) is 2.09. The van der Waals surface area contributed by atoms with E-state index in [9.17, 15) is 9.59 Å². The van der Waals surface area contributed by atoms with E-state index in [1.54, 1.807) is 0 Å². The van der Waals surface area contributed by atoms with Crippen molar-refractivity contribution in [3.63, 3.8) is 0 Å². The summed E-state index contributed by atoms with van der Waals surface area (Å²) in [6.07, 6.45) is 0.688. The van der Waals surface area contributed by atoms with Gasteiger partial charge >= 0.3 is 0 Å². The quantitative estimate of drug-likeness (QED) is 0.520. The third-order valence-electron chi connectivity index (χ3n) is 2.01. The normalized spacial score (nSPS) is 12.2. The van der Waals surface area contributed by atoms with Crippen LogP contribution in [-0.2, 0) is 9.59 Å². The molecule has 0 fully saturated rings. The summed E-state index contributed by atoms with van der Waals surface area (Å²) in [6, 6.07) is 7.43. The lowest BCUT2D eigenvalue weighted by Gasteiger charge is -2.06. The van der Waals surface area contributed by atoms with Crippen molar-refractivity contribution in [1.82, 2.24) is 0 Å². The Morgan fingerprint density at radius 2 is 1.85 bits per heavy atom. The second-order valence-corrected chi connectivity index (χ2v) is 3.14. The molecule has 0 aromatic heterocycles.